The van der Waals surface area contributed by atoms with E-state index >= 15 is 0 Å². The van der Waals surface area contributed by atoms with Crippen molar-refractivity contribution in [2.75, 3.05) is 6.54 Å². The van der Waals surface area contributed by atoms with E-state index in [9.17, 15) is 4.79 Å². The number of ketones is 1. The molecule has 0 saturated heterocycles. The number of carbonyl (C=O) groups excluding carboxylic acids is 1. The summed E-state index contributed by atoms with van der Waals surface area (Å²) in [7, 11) is 0. The van der Waals surface area contributed by atoms with E-state index in [0.717, 1.165) is 29.3 Å². The summed E-state index contributed by atoms with van der Waals surface area (Å²) in [5.41, 5.74) is 2.72. The molecule has 0 atom stereocenters. The van der Waals surface area contributed by atoms with Crippen molar-refractivity contribution in [3.63, 3.8) is 0 Å². The van der Waals surface area contributed by atoms with Crippen LogP contribution in [0.15, 0.2) is 66.7 Å². The smallest absolute Gasteiger partial charge is 0.187 e. The molecule has 0 unspecified atom stereocenters. The van der Waals surface area contributed by atoms with Crippen molar-refractivity contribution in [3.05, 3.63) is 77.9 Å². The predicted molar refractivity (Wildman–Crippen MR) is 99.8 cm³/mol. The Kier molecular flexibility index (Phi) is 5.84. The Bertz CT molecular complexity index is 670. The monoisotopic (exact) mass is 319 g/mol. The average Bonchev–Trinajstić information content (AvgIpc) is 2.67. The quantitative estimate of drug-likeness (QED) is 0.594. The second-order valence-electron chi connectivity index (χ2n) is 6.54. The van der Waals surface area contributed by atoms with Gasteiger partial charge in [0, 0.05) is 23.9 Å². The van der Waals surface area contributed by atoms with Crippen molar-refractivity contribution >= 4 is 11.5 Å². The van der Waals surface area contributed by atoms with Crippen molar-refractivity contribution in [2.24, 2.45) is 5.92 Å². The molecule has 24 heavy (non-hydrogen) atoms. The molecule has 124 valence electrons. The Balaban J connectivity index is 1.76. The van der Waals surface area contributed by atoms with Gasteiger partial charge in [0.15, 0.2) is 5.78 Å². The predicted octanol–water partition coefficient (Wildman–Crippen LogP) is 5.08. The molecular formula is C22H25NO. The average molecular weight is 319 g/mol. The van der Waals surface area contributed by atoms with E-state index in [4.69, 9.17) is 0 Å². The minimum atomic E-state index is 0.0468. The van der Waals surface area contributed by atoms with Gasteiger partial charge in [-0.25, -0.2) is 0 Å². The molecule has 1 fully saturated rings. The van der Waals surface area contributed by atoms with Crippen molar-refractivity contribution in [1.82, 2.24) is 5.32 Å². The Morgan fingerprint density at radius 3 is 2.08 bits per heavy atom. The van der Waals surface area contributed by atoms with Gasteiger partial charge in [-0.05, 0) is 24.3 Å². The lowest BCUT2D eigenvalue weighted by atomic mass is 9.89. The number of carbonyl (C=O) groups is 1. The van der Waals surface area contributed by atoms with Gasteiger partial charge in [0.05, 0.1) is 0 Å². The lowest BCUT2D eigenvalue weighted by Gasteiger charge is -2.23. The van der Waals surface area contributed by atoms with Crippen LogP contribution in [0.1, 0.15) is 48.0 Å². The third-order valence-electron chi connectivity index (χ3n) is 4.72. The van der Waals surface area contributed by atoms with E-state index in [-0.39, 0.29) is 5.78 Å². The van der Waals surface area contributed by atoms with Gasteiger partial charge in [-0.15, -0.1) is 0 Å². The summed E-state index contributed by atoms with van der Waals surface area (Å²) in [5, 5.41) is 3.55. The number of rotatable bonds is 6. The van der Waals surface area contributed by atoms with E-state index in [1.54, 1.807) is 6.08 Å². The maximum atomic E-state index is 12.6. The van der Waals surface area contributed by atoms with Crippen LogP contribution in [-0.2, 0) is 0 Å². The minimum Gasteiger partial charge on any atom is -0.384 e. The molecule has 1 saturated carbocycles. The van der Waals surface area contributed by atoms with Crippen molar-refractivity contribution < 1.29 is 4.79 Å². The maximum absolute atomic E-state index is 12.6. The third kappa shape index (κ3) is 4.58. The molecule has 2 heteroatoms. The molecule has 0 heterocycles. The number of hydrogen-bond donors (Lipinski definition) is 1. The van der Waals surface area contributed by atoms with Crippen LogP contribution >= 0.6 is 0 Å². The van der Waals surface area contributed by atoms with Gasteiger partial charge >= 0.3 is 0 Å². The molecule has 2 aromatic carbocycles. The van der Waals surface area contributed by atoms with Crippen LogP contribution in [0.5, 0.6) is 0 Å². The first kappa shape index (κ1) is 16.5. The summed E-state index contributed by atoms with van der Waals surface area (Å²) >= 11 is 0. The highest BCUT2D eigenvalue weighted by atomic mass is 16.1. The van der Waals surface area contributed by atoms with Crippen LogP contribution in [0.25, 0.3) is 5.70 Å². The second kappa shape index (κ2) is 8.49. The van der Waals surface area contributed by atoms with Crippen LogP contribution in [0.3, 0.4) is 0 Å². The highest BCUT2D eigenvalue weighted by Gasteiger charge is 2.14. The second-order valence-corrected chi connectivity index (χ2v) is 6.54. The Labute approximate surface area is 144 Å². The lowest BCUT2D eigenvalue weighted by molar-refractivity contribution is 0.104. The van der Waals surface area contributed by atoms with E-state index < -0.39 is 0 Å². The molecule has 0 aromatic heterocycles. The van der Waals surface area contributed by atoms with Crippen LogP contribution in [0.4, 0.5) is 0 Å². The molecule has 1 N–H and O–H groups in total. The SMILES string of the molecule is O=C(C=C(NCC1CCCCC1)c1ccccc1)c1ccccc1. The number of hydrogen-bond acceptors (Lipinski definition) is 2. The highest BCUT2D eigenvalue weighted by Crippen LogP contribution is 2.24. The lowest BCUT2D eigenvalue weighted by Crippen LogP contribution is -2.24. The van der Waals surface area contributed by atoms with E-state index in [2.05, 4.69) is 17.4 Å². The fraction of sp³-hybridized carbons (Fsp3) is 0.318. The number of benzene rings is 2. The van der Waals surface area contributed by atoms with Gasteiger partial charge in [0.2, 0.25) is 0 Å². The minimum absolute atomic E-state index is 0.0468. The molecule has 2 nitrogen and oxygen atoms in total. The molecule has 2 aromatic rings. The molecule has 0 amide bonds. The Morgan fingerprint density at radius 1 is 0.875 bits per heavy atom. The standard InChI is InChI=1S/C22H25NO/c24-22(20-14-8-3-9-15-20)16-21(19-12-6-2-7-13-19)23-17-18-10-4-1-5-11-18/h2-3,6-9,12-16,18,23H,1,4-5,10-11,17H2. The first-order valence-electron chi connectivity index (χ1n) is 8.93. The largest absolute Gasteiger partial charge is 0.384 e. The van der Waals surface area contributed by atoms with Gasteiger partial charge in [-0.2, -0.15) is 0 Å². The summed E-state index contributed by atoms with van der Waals surface area (Å²) in [6.07, 6.45) is 8.36. The van der Waals surface area contributed by atoms with Crippen LogP contribution < -0.4 is 5.32 Å². The van der Waals surface area contributed by atoms with Crippen LogP contribution in [-0.4, -0.2) is 12.3 Å². The first-order valence-corrected chi connectivity index (χ1v) is 8.93. The van der Waals surface area contributed by atoms with Gasteiger partial charge in [0.25, 0.3) is 0 Å². The maximum Gasteiger partial charge on any atom is 0.187 e. The normalized spacial score (nSPS) is 15.9. The third-order valence-corrected chi connectivity index (χ3v) is 4.72. The zero-order chi connectivity index (χ0) is 16.6. The van der Waals surface area contributed by atoms with Crippen molar-refractivity contribution in [1.29, 1.82) is 0 Å². The molecule has 1 aliphatic carbocycles. The molecule has 3 rings (SSSR count). The first-order chi connectivity index (χ1) is 11.8. The number of allylic oxidation sites excluding steroid dienone is 1. The van der Waals surface area contributed by atoms with Gasteiger partial charge in [0.1, 0.15) is 0 Å². The fourth-order valence-corrected chi connectivity index (χ4v) is 3.32. The summed E-state index contributed by atoms with van der Waals surface area (Å²) in [4.78, 5) is 12.6. The summed E-state index contributed by atoms with van der Waals surface area (Å²) in [5.74, 6) is 0.767. The molecule has 0 aliphatic heterocycles. The highest BCUT2D eigenvalue weighted by molar-refractivity contribution is 6.08. The van der Waals surface area contributed by atoms with Gasteiger partial charge in [-0.1, -0.05) is 79.9 Å². The topological polar surface area (TPSA) is 29.1 Å². The summed E-state index contributed by atoms with van der Waals surface area (Å²) in [6.45, 7) is 0.947. The molecule has 0 radical (unpaired) electrons. The van der Waals surface area contributed by atoms with Crippen molar-refractivity contribution in [3.8, 4) is 0 Å². The Hall–Kier alpha value is -2.35. The number of nitrogens with one attached hydrogen (secondary N) is 1. The van der Waals surface area contributed by atoms with Crippen molar-refractivity contribution in [2.45, 2.75) is 32.1 Å². The fourth-order valence-electron chi connectivity index (χ4n) is 3.32. The van der Waals surface area contributed by atoms with Gasteiger partial charge in [-0.3, -0.25) is 4.79 Å². The zero-order valence-corrected chi connectivity index (χ0v) is 14.1. The van der Waals surface area contributed by atoms with Crippen LogP contribution in [0, 0.1) is 5.92 Å². The molecule has 0 spiro atoms. The summed E-state index contributed by atoms with van der Waals surface area (Å²) < 4.78 is 0. The zero-order valence-electron chi connectivity index (χ0n) is 14.1. The molecule has 1 aliphatic rings. The molecule has 0 bridgehead atoms. The van der Waals surface area contributed by atoms with Gasteiger partial charge < -0.3 is 5.32 Å². The Morgan fingerprint density at radius 2 is 1.46 bits per heavy atom. The van der Waals surface area contributed by atoms with Crippen LogP contribution in [0.2, 0.25) is 0 Å². The molecular weight excluding hydrogens is 294 g/mol. The van der Waals surface area contributed by atoms with E-state index in [1.165, 1.54) is 32.1 Å². The van der Waals surface area contributed by atoms with E-state index in [0.29, 0.717) is 0 Å². The summed E-state index contributed by atoms with van der Waals surface area (Å²) in [6, 6.07) is 19.6. The van der Waals surface area contributed by atoms with E-state index in [1.807, 2.05) is 48.5 Å².